The van der Waals surface area contributed by atoms with Crippen molar-refractivity contribution in [3.05, 3.63) is 52.4 Å². The van der Waals surface area contributed by atoms with E-state index < -0.39 is 5.97 Å². The summed E-state index contributed by atoms with van der Waals surface area (Å²) >= 11 is 6.63. The highest BCUT2D eigenvalue weighted by Crippen LogP contribution is 2.40. The van der Waals surface area contributed by atoms with Gasteiger partial charge < -0.3 is 9.47 Å². The molecule has 7 nitrogen and oxygen atoms in total. The maximum Gasteiger partial charge on any atom is 0.358 e. The van der Waals surface area contributed by atoms with Crippen LogP contribution in [0.2, 0.25) is 5.02 Å². The third kappa shape index (κ3) is 4.11. The Morgan fingerprint density at radius 1 is 1.25 bits per heavy atom. The molecule has 1 aromatic carbocycles. The molecular formula is C20H23ClN4O3. The summed E-state index contributed by atoms with van der Waals surface area (Å²) in [6.45, 7) is 3.29. The summed E-state index contributed by atoms with van der Waals surface area (Å²) in [5.41, 5.74) is 1.25. The van der Waals surface area contributed by atoms with Crippen LogP contribution in [-0.2, 0) is 16.0 Å². The summed E-state index contributed by atoms with van der Waals surface area (Å²) < 4.78 is 10.4. The molecule has 0 radical (unpaired) electrons. The normalized spacial score (nSPS) is 17.4. The van der Waals surface area contributed by atoms with Gasteiger partial charge in [0, 0.05) is 19.0 Å². The van der Waals surface area contributed by atoms with E-state index in [1.807, 2.05) is 23.2 Å². The topological polar surface area (TPSA) is 67.8 Å². The smallest absolute Gasteiger partial charge is 0.358 e. The lowest BCUT2D eigenvalue weighted by Crippen LogP contribution is -2.49. The summed E-state index contributed by atoms with van der Waals surface area (Å²) in [4.78, 5) is 21.5. The van der Waals surface area contributed by atoms with Gasteiger partial charge in [-0.05, 0) is 18.4 Å². The van der Waals surface area contributed by atoms with E-state index in [4.69, 9.17) is 26.1 Å². The molecule has 0 spiro atoms. The molecule has 0 amide bonds. The molecule has 2 aromatic rings. The van der Waals surface area contributed by atoms with Crippen molar-refractivity contribution in [2.75, 3.05) is 38.4 Å². The van der Waals surface area contributed by atoms with Crippen molar-refractivity contribution in [3.63, 3.8) is 0 Å². The van der Waals surface area contributed by atoms with E-state index >= 15 is 0 Å². The number of morpholine rings is 1. The molecule has 1 saturated heterocycles. The van der Waals surface area contributed by atoms with E-state index in [0.29, 0.717) is 31.4 Å². The summed E-state index contributed by atoms with van der Waals surface area (Å²) in [5, 5.41) is 4.43. The Bertz CT molecular complexity index is 839. The minimum atomic E-state index is -0.544. The number of hydrogen-bond donors (Lipinski definition) is 0. The van der Waals surface area contributed by atoms with Gasteiger partial charge in [-0.2, -0.15) is 0 Å². The summed E-state index contributed by atoms with van der Waals surface area (Å²) in [7, 11) is 1.33. The van der Waals surface area contributed by atoms with Crippen LogP contribution in [0.5, 0.6) is 0 Å². The van der Waals surface area contributed by atoms with Crippen LogP contribution in [0.1, 0.15) is 40.6 Å². The number of nitrogens with zero attached hydrogens (tertiary/aromatic N) is 4. The van der Waals surface area contributed by atoms with E-state index in [9.17, 15) is 4.79 Å². The van der Waals surface area contributed by atoms with Crippen LogP contribution in [0.15, 0.2) is 30.3 Å². The molecule has 2 aliphatic rings. The average molecular weight is 403 g/mol. The molecule has 2 fully saturated rings. The van der Waals surface area contributed by atoms with E-state index in [1.54, 1.807) is 0 Å². The standard InChI is InChI=1S/C20H23ClN4O3/c1-27-20(26)17-16(21)19(23-18(22-17)15-7-8-15)25(24-9-11-28-12-10-24)13-14-5-3-2-4-6-14/h2-6,15H,7-13H2,1H3. The predicted molar refractivity (Wildman–Crippen MR) is 105 cm³/mol. The second kappa shape index (κ2) is 8.43. The molecule has 4 rings (SSSR count). The van der Waals surface area contributed by atoms with E-state index in [1.165, 1.54) is 7.11 Å². The number of halogens is 1. The van der Waals surface area contributed by atoms with Crippen molar-refractivity contribution in [3.8, 4) is 0 Å². The van der Waals surface area contributed by atoms with Crippen LogP contribution in [0.4, 0.5) is 5.82 Å². The highest BCUT2D eigenvalue weighted by atomic mass is 35.5. The Hall–Kier alpha value is -2.22. The molecule has 28 heavy (non-hydrogen) atoms. The van der Waals surface area contributed by atoms with Gasteiger partial charge in [0.15, 0.2) is 11.5 Å². The molecule has 2 heterocycles. The summed E-state index contributed by atoms with van der Waals surface area (Å²) in [6, 6.07) is 10.1. The van der Waals surface area contributed by atoms with Gasteiger partial charge in [0.25, 0.3) is 0 Å². The number of hydrazine groups is 1. The van der Waals surface area contributed by atoms with Crippen LogP contribution in [0, 0.1) is 0 Å². The Labute approximate surface area is 169 Å². The Morgan fingerprint density at radius 3 is 2.61 bits per heavy atom. The number of carbonyl (C=O) groups excluding carboxylic acids is 1. The molecule has 1 aromatic heterocycles. The molecule has 0 unspecified atom stereocenters. The van der Waals surface area contributed by atoms with Crippen LogP contribution in [0.3, 0.4) is 0 Å². The van der Waals surface area contributed by atoms with Gasteiger partial charge in [0.2, 0.25) is 0 Å². The largest absolute Gasteiger partial charge is 0.464 e. The lowest BCUT2D eigenvalue weighted by molar-refractivity contribution is 0.0302. The van der Waals surface area contributed by atoms with Crippen LogP contribution in [-0.4, -0.2) is 54.4 Å². The lowest BCUT2D eigenvalue weighted by Gasteiger charge is -2.38. The molecule has 1 saturated carbocycles. The van der Waals surface area contributed by atoms with E-state index in [-0.39, 0.29) is 16.6 Å². The number of esters is 1. The Balaban J connectivity index is 1.77. The third-order valence-corrected chi connectivity index (χ3v) is 5.27. The van der Waals surface area contributed by atoms with Crippen molar-refractivity contribution in [1.82, 2.24) is 15.0 Å². The van der Waals surface area contributed by atoms with Crippen molar-refractivity contribution in [1.29, 1.82) is 0 Å². The van der Waals surface area contributed by atoms with Gasteiger partial charge >= 0.3 is 5.97 Å². The van der Waals surface area contributed by atoms with Gasteiger partial charge in [-0.3, -0.25) is 5.01 Å². The number of benzene rings is 1. The minimum Gasteiger partial charge on any atom is -0.464 e. The fourth-order valence-corrected chi connectivity index (χ4v) is 3.50. The van der Waals surface area contributed by atoms with Gasteiger partial charge in [-0.15, -0.1) is 0 Å². The monoisotopic (exact) mass is 402 g/mol. The van der Waals surface area contributed by atoms with Gasteiger partial charge in [0.05, 0.1) is 26.9 Å². The quantitative estimate of drug-likeness (QED) is 0.688. The van der Waals surface area contributed by atoms with E-state index in [2.05, 4.69) is 22.1 Å². The van der Waals surface area contributed by atoms with Gasteiger partial charge in [-0.25, -0.2) is 19.8 Å². The van der Waals surface area contributed by atoms with E-state index in [0.717, 1.165) is 31.5 Å². The molecule has 1 aliphatic carbocycles. The lowest BCUT2D eigenvalue weighted by atomic mass is 10.2. The van der Waals surface area contributed by atoms with Crippen LogP contribution in [0.25, 0.3) is 0 Å². The molecular weight excluding hydrogens is 380 g/mol. The SMILES string of the molecule is COC(=O)c1nc(C2CC2)nc(N(Cc2ccccc2)N2CCOCC2)c1Cl. The molecule has 0 bridgehead atoms. The maximum absolute atomic E-state index is 12.3. The second-order valence-electron chi connectivity index (χ2n) is 6.94. The molecule has 0 N–H and O–H groups in total. The van der Waals surface area contributed by atoms with Crippen molar-refractivity contribution >= 4 is 23.4 Å². The molecule has 1 aliphatic heterocycles. The zero-order chi connectivity index (χ0) is 19.5. The number of hydrogen-bond acceptors (Lipinski definition) is 7. The van der Waals surface area contributed by atoms with Crippen molar-refractivity contribution in [2.45, 2.75) is 25.3 Å². The fraction of sp³-hybridized carbons (Fsp3) is 0.450. The minimum absolute atomic E-state index is 0.127. The predicted octanol–water partition coefficient (Wildman–Crippen LogP) is 3.05. The summed E-state index contributed by atoms with van der Waals surface area (Å²) in [5.74, 6) is 0.940. The van der Waals surface area contributed by atoms with Crippen LogP contribution >= 0.6 is 11.6 Å². The summed E-state index contributed by atoms with van der Waals surface area (Å²) in [6.07, 6.45) is 2.05. The zero-order valence-electron chi connectivity index (χ0n) is 15.8. The Kier molecular flexibility index (Phi) is 5.75. The third-order valence-electron chi connectivity index (χ3n) is 4.92. The average Bonchev–Trinajstić information content (AvgIpc) is 3.59. The molecule has 8 heteroatoms. The van der Waals surface area contributed by atoms with Crippen LogP contribution < -0.4 is 5.01 Å². The molecule has 0 atom stereocenters. The van der Waals surface area contributed by atoms with Crippen molar-refractivity contribution < 1.29 is 14.3 Å². The number of methoxy groups -OCH3 is 1. The molecule has 148 valence electrons. The maximum atomic E-state index is 12.3. The first-order valence-electron chi connectivity index (χ1n) is 9.47. The van der Waals surface area contributed by atoms with Crippen molar-refractivity contribution in [2.24, 2.45) is 0 Å². The second-order valence-corrected chi connectivity index (χ2v) is 7.32. The first kappa shape index (κ1) is 19.1. The number of rotatable bonds is 6. The van der Waals surface area contributed by atoms with Gasteiger partial charge in [-0.1, -0.05) is 41.9 Å². The fourth-order valence-electron chi connectivity index (χ4n) is 3.24. The first-order valence-corrected chi connectivity index (χ1v) is 9.85. The Morgan fingerprint density at radius 2 is 1.96 bits per heavy atom. The number of ether oxygens (including phenoxy) is 2. The number of anilines is 1. The zero-order valence-corrected chi connectivity index (χ0v) is 16.6. The number of carbonyl (C=O) groups is 1. The highest BCUT2D eigenvalue weighted by molar-refractivity contribution is 6.35. The number of aromatic nitrogens is 2. The first-order chi connectivity index (χ1) is 13.7. The highest BCUT2D eigenvalue weighted by Gasteiger charge is 2.33. The van der Waals surface area contributed by atoms with Gasteiger partial charge in [0.1, 0.15) is 10.8 Å².